The Labute approximate surface area is 105 Å². The molecule has 1 rings (SSSR count). The summed E-state index contributed by atoms with van der Waals surface area (Å²) in [6.45, 7) is 9.47. The number of nitrogens with zero attached hydrogens (tertiary/aromatic N) is 1. The van der Waals surface area contributed by atoms with Crippen molar-refractivity contribution in [2.24, 2.45) is 0 Å². The van der Waals surface area contributed by atoms with Crippen LogP contribution in [0.3, 0.4) is 0 Å². The van der Waals surface area contributed by atoms with E-state index in [0.29, 0.717) is 6.61 Å². The lowest BCUT2D eigenvalue weighted by Crippen LogP contribution is -2.42. The van der Waals surface area contributed by atoms with Crippen LogP contribution in [0.15, 0.2) is 30.8 Å². The zero-order valence-corrected chi connectivity index (χ0v) is 11.4. The third kappa shape index (κ3) is 4.33. The minimum Gasteiger partial charge on any atom is -0.375 e. The van der Waals surface area contributed by atoms with Crippen molar-refractivity contribution in [2.75, 3.05) is 20.7 Å². The first-order chi connectivity index (χ1) is 7.95. The van der Waals surface area contributed by atoms with Crippen LogP contribution in [0.25, 0.3) is 6.08 Å². The van der Waals surface area contributed by atoms with Gasteiger partial charge in [-0.15, -0.1) is 0 Å². The van der Waals surface area contributed by atoms with E-state index in [1.807, 2.05) is 6.08 Å². The molecule has 0 bridgehead atoms. The van der Waals surface area contributed by atoms with Gasteiger partial charge in [0.25, 0.3) is 0 Å². The molecule has 0 aromatic heterocycles. The molecule has 0 saturated carbocycles. The van der Waals surface area contributed by atoms with Crippen LogP contribution in [0.1, 0.15) is 25.0 Å². The number of ether oxygens (including phenoxy) is 1. The van der Waals surface area contributed by atoms with Gasteiger partial charge in [0.1, 0.15) is 0 Å². The summed E-state index contributed by atoms with van der Waals surface area (Å²) in [5, 5.41) is 0. The molecule has 1 aromatic carbocycles. The second-order valence-electron chi connectivity index (χ2n) is 5.15. The first-order valence-electron chi connectivity index (χ1n) is 5.92. The van der Waals surface area contributed by atoms with Gasteiger partial charge in [-0.1, -0.05) is 36.9 Å². The van der Waals surface area contributed by atoms with Crippen molar-refractivity contribution in [1.29, 1.82) is 0 Å². The maximum absolute atomic E-state index is 5.75. The fraction of sp³-hybridized carbons (Fsp3) is 0.467. The maximum atomic E-state index is 5.75. The summed E-state index contributed by atoms with van der Waals surface area (Å²) in [7, 11) is 4.14. The minimum absolute atomic E-state index is 0.0705. The van der Waals surface area contributed by atoms with Crippen LogP contribution < -0.4 is 0 Å². The average Bonchev–Trinajstić information content (AvgIpc) is 2.29. The van der Waals surface area contributed by atoms with Gasteiger partial charge in [-0.2, -0.15) is 0 Å². The highest BCUT2D eigenvalue weighted by Crippen LogP contribution is 2.12. The van der Waals surface area contributed by atoms with E-state index in [-0.39, 0.29) is 5.54 Å². The van der Waals surface area contributed by atoms with Crippen LogP contribution in [-0.4, -0.2) is 31.1 Å². The molecular formula is C15H23NO. The van der Waals surface area contributed by atoms with E-state index >= 15 is 0 Å². The number of likely N-dealkylation sites (N-methyl/N-ethyl adjacent to an activating group) is 1. The lowest BCUT2D eigenvalue weighted by atomic mass is 10.1. The number of hydrogen-bond acceptors (Lipinski definition) is 2. The van der Waals surface area contributed by atoms with Crippen LogP contribution in [0.4, 0.5) is 0 Å². The average molecular weight is 233 g/mol. The van der Waals surface area contributed by atoms with Crippen molar-refractivity contribution in [3.63, 3.8) is 0 Å². The number of hydrogen-bond donors (Lipinski definition) is 0. The molecular weight excluding hydrogens is 210 g/mol. The molecule has 0 saturated heterocycles. The lowest BCUT2D eigenvalue weighted by molar-refractivity contribution is 0.0275. The molecule has 17 heavy (non-hydrogen) atoms. The first kappa shape index (κ1) is 13.9. The summed E-state index contributed by atoms with van der Waals surface area (Å²) < 4.78 is 5.75. The molecule has 1 aromatic rings. The second kappa shape index (κ2) is 5.99. The SMILES string of the molecule is C=Cc1ccc(COCC(C)(C)N(C)C)cc1. The molecule has 2 nitrogen and oxygen atoms in total. The van der Waals surface area contributed by atoms with Gasteiger partial charge in [0.05, 0.1) is 13.2 Å². The molecule has 0 radical (unpaired) electrons. The molecule has 0 atom stereocenters. The van der Waals surface area contributed by atoms with Crippen LogP contribution in [0.5, 0.6) is 0 Å². The highest BCUT2D eigenvalue weighted by Gasteiger charge is 2.20. The molecule has 0 fully saturated rings. The van der Waals surface area contributed by atoms with Crippen molar-refractivity contribution in [2.45, 2.75) is 26.0 Å². The number of rotatable bonds is 6. The molecule has 0 spiro atoms. The van der Waals surface area contributed by atoms with E-state index < -0.39 is 0 Å². The van der Waals surface area contributed by atoms with Crippen molar-refractivity contribution in [3.05, 3.63) is 42.0 Å². The second-order valence-corrected chi connectivity index (χ2v) is 5.15. The first-order valence-corrected chi connectivity index (χ1v) is 5.92. The van der Waals surface area contributed by atoms with Gasteiger partial charge in [0.2, 0.25) is 0 Å². The Balaban J connectivity index is 2.43. The summed E-state index contributed by atoms with van der Waals surface area (Å²) in [6.07, 6.45) is 1.85. The Bertz CT molecular complexity index is 352. The lowest BCUT2D eigenvalue weighted by Gasteiger charge is -2.32. The molecule has 0 aliphatic rings. The standard InChI is InChI=1S/C15H23NO/c1-6-13-7-9-14(10-8-13)11-17-12-15(2,3)16(4)5/h6-10H,1,11-12H2,2-5H3. The summed E-state index contributed by atoms with van der Waals surface area (Å²) in [6, 6.07) is 8.28. The molecule has 0 heterocycles. The highest BCUT2D eigenvalue weighted by atomic mass is 16.5. The smallest absolute Gasteiger partial charge is 0.0717 e. The monoisotopic (exact) mass is 233 g/mol. The zero-order chi connectivity index (χ0) is 12.9. The zero-order valence-electron chi connectivity index (χ0n) is 11.4. The van der Waals surface area contributed by atoms with E-state index in [1.165, 1.54) is 5.56 Å². The topological polar surface area (TPSA) is 12.5 Å². The Hall–Kier alpha value is -1.12. The highest BCUT2D eigenvalue weighted by molar-refractivity contribution is 5.47. The van der Waals surface area contributed by atoms with Gasteiger partial charge in [-0.3, -0.25) is 0 Å². The number of benzene rings is 1. The predicted molar refractivity (Wildman–Crippen MR) is 74.0 cm³/mol. The van der Waals surface area contributed by atoms with Crippen molar-refractivity contribution >= 4 is 6.08 Å². The Morgan fingerprint density at radius 1 is 1.24 bits per heavy atom. The van der Waals surface area contributed by atoms with E-state index in [0.717, 1.165) is 12.2 Å². The Kier molecular flexibility index (Phi) is 4.91. The quantitative estimate of drug-likeness (QED) is 0.748. The third-order valence-electron chi connectivity index (χ3n) is 3.15. The van der Waals surface area contributed by atoms with Crippen molar-refractivity contribution < 1.29 is 4.74 Å². The molecule has 0 N–H and O–H groups in total. The molecule has 0 unspecified atom stereocenters. The summed E-state index contributed by atoms with van der Waals surface area (Å²) in [5.41, 5.74) is 2.41. The van der Waals surface area contributed by atoms with Gasteiger partial charge in [0, 0.05) is 5.54 Å². The summed E-state index contributed by atoms with van der Waals surface area (Å²) >= 11 is 0. The fourth-order valence-corrected chi connectivity index (χ4v) is 1.30. The van der Waals surface area contributed by atoms with Crippen LogP contribution >= 0.6 is 0 Å². The predicted octanol–water partition coefficient (Wildman–Crippen LogP) is 3.19. The van der Waals surface area contributed by atoms with Gasteiger partial charge < -0.3 is 9.64 Å². The van der Waals surface area contributed by atoms with E-state index in [9.17, 15) is 0 Å². The summed E-state index contributed by atoms with van der Waals surface area (Å²) in [4.78, 5) is 2.17. The van der Waals surface area contributed by atoms with Gasteiger partial charge in [0.15, 0.2) is 0 Å². The van der Waals surface area contributed by atoms with Crippen LogP contribution in [0.2, 0.25) is 0 Å². The maximum Gasteiger partial charge on any atom is 0.0717 e. The normalized spacial score (nSPS) is 11.8. The fourth-order valence-electron chi connectivity index (χ4n) is 1.30. The van der Waals surface area contributed by atoms with Crippen molar-refractivity contribution in [3.8, 4) is 0 Å². The van der Waals surface area contributed by atoms with Crippen molar-refractivity contribution in [1.82, 2.24) is 4.90 Å². The van der Waals surface area contributed by atoms with Gasteiger partial charge >= 0.3 is 0 Å². The Morgan fingerprint density at radius 3 is 2.29 bits per heavy atom. The molecule has 0 amide bonds. The Morgan fingerprint density at radius 2 is 1.82 bits per heavy atom. The molecule has 0 aliphatic carbocycles. The summed E-state index contributed by atoms with van der Waals surface area (Å²) in [5.74, 6) is 0. The van der Waals surface area contributed by atoms with E-state index in [1.54, 1.807) is 0 Å². The third-order valence-corrected chi connectivity index (χ3v) is 3.15. The van der Waals surface area contributed by atoms with Crippen LogP contribution in [0, 0.1) is 0 Å². The van der Waals surface area contributed by atoms with Gasteiger partial charge in [-0.25, -0.2) is 0 Å². The minimum atomic E-state index is 0.0705. The molecule has 0 aliphatic heterocycles. The van der Waals surface area contributed by atoms with E-state index in [2.05, 4.69) is 63.7 Å². The molecule has 94 valence electrons. The molecule has 2 heteroatoms. The van der Waals surface area contributed by atoms with Gasteiger partial charge in [-0.05, 0) is 39.1 Å². The largest absolute Gasteiger partial charge is 0.375 e. The van der Waals surface area contributed by atoms with E-state index in [4.69, 9.17) is 4.74 Å². The van der Waals surface area contributed by atoms with Crippen LogP contribution in [-0.2, 0) is 11.3 Å².